The Balaban J connectivity index is 2.39. The number of methoxy groups -OCH3 is 1. The van der Waals surface area contributed by atoms with Gasteiger partial charge in [-0.15, -0.1) is 0 Å². The number of hydrogen-bond acceptors (Lipinski definition) is 3. The molecule has 0 bridgehead atoms. The summed E-state index contributed by atoms with van der Waals surface area (Å²) in [6.45, 7) is 5.06. The van der Waals surface area contributed by atoms with E-state index >= 15 is 0 Å². The first kappa shape index (κ1) is 10.5. The summed E-state index contributed by atoms with van der Waals surface area (Å²) in [5.74, 6) is 0.231. The van der Waals surface area contributed by atoms with Gasteiger partial charge in [0, 0.05) is 39.2 Å². The number of nitrogens with zero attached hydrogens (tertiary/aromatic N) is 1. The van der Waals surface area contributed by atoms with E-state index in [0.717, 1.165) is 13.1 Å². The molecule has 4 heteroatoms. The van der Waals surface area contributed by atoms with Gasteiger partial charge in [-0.05, 0) is 6.92 Å². The predicted octanol–water partition coefficient (Wildman–Crippen LogP) is -0.157. The van der Waals surface area contributed by atoms with Crippen molar-refractivity contribution in [1.29, 1.82) is 0 Å². The lowest BCUT2D eigenvalue weighted by Gasteiger charge is -2.19. The summed E-state index contributed by atoms with van der Waals surface area (Å²) < 4.78 is 4.95. The highest BCUT2D eigenvalue weighted by Crippen LogP contribution is 2.02. The summed E-state index contributed by atoms with van der Waals surface area (Å²) in [5, 5.41) is 3.28. The van der Waals surface area contributed by atoms with Gasteiger partial charge in [0.2, 0.25) is 5.91 Å². The maximum absolute atomic E-state index is 11.6. The van der Waals surface area contributed by atoms with Crippen molar-refractivity contribution in [3.05, 3.63) is 0 Å². The molecule has 0 spiro atoms. The van der Waals surface area contributed by atoms with Crippen LogP contribution in [0.5, 0.6) is 0 Å². The van der Waals surface area contributed by atoms with Crippen molar-refractivity contribution in [2.24, 2.45) is 0 Å². The van der Waals surface area contributed by atoms with Crippen LogP contribution in [0.25, 0.3) is 0 Å². The van der Waals surface area contributed by atoms with Crippen LogP contribution in [0.15, 0.2) is 0 Å². The average Bonchev–Trinajstić information content (AvgIpc) is 2.24. The van der Waals surface area contributed by atoms with Crippen LogP contribution in [-0.4, -0.2) is 50.2 Å². The third kappa shape index (κ3) is 3.32. The van der Waals surface area contributed by atoms with E-state index in [2.05, 4.69) is 5.32 Å². The average molecular weight is 186 g/mol. The van der Waals surface area contributed by atoms with E-state index in [0.29, 0.717) is 25.6 Å². The molecule has 1 unspecified atom stereocenters. The number of carbonyl (C=O) groups is 1. The molecule has 1 rings (SSSR count). The highest BCUT2D eigenvalue weighted by Gasteiger charge is 2.19. The second-order valence-electron chi connectivity index (χ2n) is 3.43. The number of ether oxygens (including phenoxy) is 1. The molecule has 0 radical (unpaired) electrons. The van der Waals surface area contributed by atoms with Crippen molar-refractivity contribution in [1.82, 2.24) is 10.2 Å². The van der Waals surface area contributed by atoms with Gasteiger partial charge in [0.25, 0.3) is 0 Å². The Labute approximate surface area is 79.2 Å². The van der Waals surface area contributed by atoms with Gasteiger partial charge in [-0.3, -0.25) is 4.79 Å². The summed E-state index contributed by atoms with van der Waals surface area (Å²) in [4.78, 5) is 13.4. The Bertz CT molecular complexity index is 171. The largest absolute Gasteiger partial charge is 0.383 e. The van der Waals surface area contributed by atoms with E-state index in [-0.39, 0.29) is 5.91 Å². The highest BCUT2D eigenvalue weighted by atomic mass is 16.5. The van der Waals surface area contributed by atoms with Gasteiger partial charge in [0.05, 0.1) is 6.61 Å². The predicted molar refractivity (Wildman–Crippen MR) is 50.5 cm³/mol. The smallest absolute Gasteiger partial charge is 0.224 e. The van der Waals surface area contributed by atoms with Gasteiger partial charge in [0.1, 0.15) is 0 Å². The Morgan fingerprint density at radius 3 is 3.15 bits per heavy atom. The first-order chi connectivity index (χ1) is 6.24. The molecule has 0 aliphatic carbocycles. The van der Waals surface area contributed by atoms with Crippen molar-refractivity contribution in [3.8, 4) is 0 Å². The summed E-state index contributed by atoms with van der Waals surface area (Å²) >= 11 is 0. The summed E-state index contributed by atoms with van der Waals surface area (Å²) in [5.41, 5.74) is 0. The molecular weight excluding hydrogens is 168 g/mol. The zero-order valence-corrected chi connectivity index (χ0v) is 8.38. The molecular formula is C9H18N2O2. The Kier molecular flexibility index (Phi) is 4.18. The fraction of sp³-hybridized carbons (Fsp3) is 0.889. The minimum Gasteiger partial charge on any atom is -0.383 e. The second kappa shape index (κ2) is 5.19. The quantitative estimate of drug-likeness (QED) is 0.666. The fourth-order valence-corrected chi connectivity index (χ4v) is 1.47. The number of carbonyl (C=O) groups excluding carboxylic acids is 1. The Hall–Kier alpha value is -0.610. The molecule has 1 atom stereocenters. The third-order valence-corrected chi connectivity index (χ3v) is 2.27. The molecule has 1 heterocycles. The van der Waals surface area contributed by atoms with Crippen molar-refractivity contribution in [2.75, 3.05) is 33.4 Å². The first-order valence-corrected chi connectivity index (χ1v) is 4.74. The standard InChI is InChI=1S/C9H18N2O2/c1-8-7-9(12)11(4-3-10-8)5-6-13-2/h8,10H,3-7H2,1-2H3. The van der Waals surface area contributed by atoms with E-state index in [1.165, 1.54) is 0 Å². The molecule has 13 heavy (non-hydrogen) atoms. The van der Waals surface area contributed by atoms with Crippen molar-refractivity contribution in [2.45, 2.75) is 19.4 Å². The lowest BCUT2D eigenvalue weighted by Crippen LogP contribution is -2.35. The van der Waals surface area contributed by atoms with E-state index in [1.54, 1.807) is 7.11 Å². The maximum Gasteiger partial charge on any atom is 0.224 e. The lowest BCUT2D eigenvalue weighted by atomic mass is 10.2. The normalized spacial score (nSPS) is 24.6. The van der Waals surface area contributed by atoms with Gasteiger partial charge in [-0.25, -0.2) is 0 Å². The molecule has 76 valence electrons. The minimum atomic E-state index is 0.231. The monoisotopic (exact) mass is 186 g/mol. The molecule has 1 amide bonds. The molecule has 0 aromatic rings. The van der Waals surface area contributed by atoms with E-state index < -0.39 is 0 Å². The Morgan fingerprint density at radius 1 is 1.69 bits per heavy atom. The minimum absolute atomic E-state index is 0.231. The zero-order chi connectivity index (χ0) is 9.68. The van der Waals surface area contributed by atoms with E-state index in [9.17, 15) is 4.79 Å². The highest BCUT2D eigenvalue weighted by molar-refractivity contribution is 5.77. The van der Waals surface area contributed by atoms with E-state index in [4.69, 9.17) is 4.74 Å². The van der Waals surface area contributed by atoms with Crippen LogP contribution in [0, 0.1) is 0 Å². The lowest BCUT2D eigenvalue weighted by molar-refractivity contribution is -0.131. The number of amides is 1. The van der Waals surface area contributed by atoms with Gasteiger partial charge in [-0.2, -0.15) is 0 Å². The van der Waals surface area contributed by atoms with Gasteiger partial charge >= 0.3 is 0 Å². The number of rotatable bonds is 3. The molecule has 1 fully saturated rings. The summed E-state index contributed by atoms with van der Waals surface area (Å²) in [7, 11) is 1.66. The summed E-state index contributed by atoms with van der Waals surface area (Å²) in [6.07, 6.45) is 0.601. The van der Waals surface area contributed by atoms with Crippen LogP contribution in [0.3, 0.4) is 0 Å². The van der Waals surface area contributed by atoms with Crippen molar-refractivity contribution >= 4 is 5.91 Å². The molecule has 1 saturated heterocycles. The molecule has 4 nitrogen and oxygen atoms in total. The first-order valence-electron chi connectivity index (χ1n) is 4.74. The topological polar surface area (TPSA) is 41.6 Å². The SMILES string of the molecule is COCCN1CCNC(C)CC1=O. The van der Waals surface area contributed by atoms with Gasteiger partial charge in [-0.1, -0.05) is 0 Å². The van der Waals surface area contributed by atoms with Gasteiger partial charge in [0.15, 0.2) is 0 Å². The summed E-state index contributed by atoms with van der Waals surface area (Å²) in [6, 6.07) is 0.306. The Morgan fingerprint density at radius 2 is 2.46 bits per heavy atom. The molecule has 1 aliphatic rings. The molecule has 0 aromatic carbocycles. The third-order valence-electron chi connectivity index (χ3n) is 2.27. The molecule has 0 saturated carbocycles. The molecule has 1 aliphatic heterocycles. The zero-order valence-electron chi connectivity index (χ0n) is 8.38. The van der Waals surface area contributed by atoms with Crippen LogP contribution in [0.4, 0.5) is 0 Å². The van der Waals surface area contributed by atoms with Gasteiger partial charge < -0.3 is 15.0 Å². The molecule has 0 aromatic heterocycles. The fourth-order valence-electron chi connectivity index (χ4n) is 1.47. The van der Waals surface area contributed by atoms with Crippen LogP contribution >= 0.6 is 0 Å². The van der Waals surface area contributed by atoms with Crippen molar-refractivity contribution in [3.63, 3.8) is 0 Å². The molecule has 1 N–H and O–H groups in total. The van der Waals surface area contributed by atoms with Crippen LogP contribution in [0.1, 0.15) is 13.3 Å². The van der Waals surface area contributed by atoms with Crippen LogP contribution in [-0.2, 0) is 9.53 Å². The van der Waals surface area contributed by atoms with Crippen LogP contribution < -0.4 is 5.32 Å². The second-order valence-corrected chi connectivity index (χ2v) is 3.43. The van der Waals surface area contributed by atoms with E-state index in [1.807, 2.05) is 11.8 Å². The number of hydrogen-bond donors (Lipinski definition) is 1. The maximum atomic E-state index is 11.6. The van der Waals surface area contributed by atoms with Crippen molar-refractivity contribution < 1.29 is 9.53 Å². The van der Waals surface area contributed by atoms with Crippen LogP contribution in [0.2, 0.25) is 0 Å². The number of nitrogens with one attached hydrogen (secondary N) is 1.